The Morgan fingerprint density at radius 2 is 1.72 bits per heavy atom. The molecule has 1 amide bonds. The van der Waals surface area contributed by atoms with E-state index in [-0.39, 0.29) is 11.3 Å². The molecule has 2 aromatic carbocycles. The molecule has 0 radical (unpaired) electrons. The Balaban J connectivity index is 1.73. The number of ketones is 1. The van der Waals surface area contributed by atoms with Crippen molar-refractivity contribution in [2.24, 2.45) is 11.8 Å². The van der Waals surface area contributed by atoms with E-state index in [1.54, 1.807) is 30.2 Å². The SMILES string of the molecule is COc1cc(C2C(=C(O)c3ccc(OCC(C)C)cc3C)C(=O)C(=O)N2CCN2CCOCC2)ccc1OCCC(C)C. The average Bonchev–Trinajstić information content (AvgIpc) is 3.24. The molecule has 0 spiro atoms. The molecule has 9 heteroatoms. The maximum Gasteiger partial charge on any atom is 0.295 e. The lowest BCUT2D eigenvalue weighted by Crippen LogP contribution is -2.42. The van der Waals surface area contributed by atoms with E-state index in [9.17, 15) is 14.7 Å². The maximum atomic E-state index is 13.6. The predicted molar refractivity (Wildman–Crippen MR) is 166 cm³/mol. The molecule has 2 fully saturated rings. The maximum absolute atomic E-state index is 13.6. The number of carbonyl (C=O) groups is 2. The van der Waals surface area contributed by atoms with Crippen LogP contribution in [0.4, 0.5) is 0 Å². The molecule has 0 aliphatic carbocycles. The van der Waals surface area contributed by atoms with E-state index in [0.717, 1.165) is 25.1 Å². The fourth-order valence-corrected chi connectivity index (χ4v) is 5.31. The van der Waals surface area contributed by atoms with Gasteiger partial charge in [-0.05, 0) is 66.6 Å². The molecule has 0 saturated carbocycles. The molecular weight excluding hydrogens is 548 g/mol. The highest BCUT2D eigenvalue weighted by Crippen LogP contribution is 2.42. The van der Waals surface area contributed by atoms with Gasteiger partial charge in [0.1, 0.15) is 11.5 Å². The van der Waals surface area contributed by atoms with Gasteiger partial charge in [0.05, 0.1) is 45.2 Å². The first-order valence-corrected chi connectivity index (χ1v) is 15.2. The molecule has 1 unspecified atom stereocenters. The normalized spacial score (nSPS) is 19.0. The first-order valence-electron chi connectivity index (χ1n) is 15.2. The van der Waals surface area contributed by atoms with Gasteiger partial charge in [0.2, 0.25) is 0 Å². The zero-order valence-corrected chi connectivity index (χ0v) is 26.4. The molecule has 2 aliphatic rings. The monoisotopic (exact) mass is 594 g/mol. The molecule has 2 saturated heterocycles. The van der Waals surface area contributed by atoms with E-state index in [2.05, 4.69) is 32.6 Å². The average molecular weight is 595 g/mol. The van der Waals surface area contributed by atoms with Crippen molar-refractivity contribution in [3.63, 3.8) is 0 Å². The van der Waals surface area contributed by atoms with Gasteiger partial charge in [0.15, 0.2) is 11.5 Å². The van der Waals surface area contributed by atoms with Crippen molar-refractivity contribution < 1.29 is 33.6 Å². The van der Waals surface area contributed by atoms with Crippen molar-refractivity contribution in [3.8, 4) is 17.2 Å². The minimum Gasteiger partial charge on any atom is -0.507 e. The van der Waals surface area contributed by atoms with Gasteiger partial charge in [-0.3, -0.25) is 14.5 Å². The lowest BCUT2D eigenvalue weighted by atomic mass is 9.93. The van der Waals surface area contributed by atoms with Crippen LogP contribution in [0, 0.1) is 18.8 Å². The zero-order valence-electron chi connectivity index (χ0n) is 26.4. The van der Waals surface area contributed by atoms with Crippen LogP contribution in [0.15, 0.2) is 42.0 Å². The van der Waals surface area contributed by atoms with Gasteiger partial charge in [-0.25, -0.2) is 0 Å². The summed E-state index contributed by atoms with van der Waals surface area (Å²) in [6.45, 7) is 15.1. The van der Waals surface area contributed by atoms with Crippen molar-refractivity contribution >= 4 is 17.4 Å². The lowest BCUT2D eigenvalue weighted by molar-refractivity contribution is -0.140. The number of nitrogens with zero attached hydrogens (tertiary/aromatic N) is 2. The van der Waals surface area contributed by atoms with Crippen molar-refractivity contribution in [1.82, 2.24) is 9.80 Å². The van der Waals surface area contributed by atoms with Gasteiger partial charge in [0.25, 0.3) is 11.7 Å². The quantitative estimate of drug-likeness (QED) is 0.192. The Bertz CT molecular complexity index is 1310. The summed E-state index contributed by atoms with van der Waals surface area (Å²) in [4.78, 5) is 30.9. The fourth-order valence-electron chi connectivity index (χ4n) is 5.31. The van der Waals surface area contributed by atoms with Crippen LogP contribution in [-0.4, -0.2) is 86.3 Å². The van der Waals surface area contributed by atoms with Gasteiger partial charge < -0.3 is 29.0 Å². The summed E-state index contributed by atoms with van der Waals surface area (Å²) in [5, 5.41) is 11.7. The third-order valence-electron chi connectivity index (χ3n) is 7.79. The number of ether oxygens (including phenoxy) is 4. The highest BCUT2D eigenvalue weighted by molar-refractivity contribution is 6.46. The fraction of sp³-hybridized carbons (Fsp3) is 0.529. The molecule has 1 N–H and O–H groups in total. The summed E-state index contributed by atoms with van der Waals surface area (Å²) in [6, 6.07) is 10.0. The molecule has 234 valence electrons. The Kier molecular flexibility index (Phi) is 11.1. The van der Waals surface area contributed by atoms with Gasteiger partial charge in [-0.15, -0.1) is 0 Å². The molecular formula is C34H46N2O7. The Morgan fingerprint density at radius 1 is 0.977 bits per heavy atom. The number of Topliss-reactive ketones (excluding diaryl/α,β-unsaturated/α-hetero) is 1. The molecule has 0 bridgehead atoms. The van der Waals surface area contributed by atoms with Crippen molar-refractivity contribution in [1.29, 1.82) is 0 Å². The van der Waals surface area contributed by atoms with Gasteiger partial charge >= 0.3 is 0 Å². The molecule has 2 aliphatic heterocycles. The highest BCUT2D eigenvalue weighted by atomic mass is 16.5. The van der Waals surface area contributed by atoms with Gasteiger partial charge in [0, 0.05) is 31.7 Å². The minimum absolute atomic E-state index is 0.0569. The van der Waals surface area contributed by atoms with Crippen LogP contribution in [0.5, 0.6) is 17.2 Å². The van der Waals surface area contributed by atoms with E-state index >= 15 is 0 Å². The lowest BCUT2D eigenvalue weighted by Gasteiger charge is -2.31. The number of benzene rings is 2. The zero-order chi connectivity index (χ0) is 31.1. The molecule has 0 aromatic heterocycles. The molecule has 9 nitrogen and oxygen atoms in total. The molecule has 43 heavy (non-hydrogen) atoms. The molecule has 4 rings (SSSR count). The Hall–Kier alpha value is -3.56. The first-order chi connectivity index (χ1) is 20.6. The van der Waals surface area contributed by atoms with E-state index in [1.807, 2.05) is 25.1 Å². The summed E-state index contributed by atoms with van der Waals surface area (Å²) in [5.41, 5.74) is 1.93. The molecule has 2 heterocycles. The number of methoxy groups -OCH3 is 1. The van der Waals surface area contributed by atoms with Crippen LogP contribution in [-0.2, 0) is 14.3 Å². The van der Waals surface area contributed by atoms with Gasteiger partial charge in [-0.1, -0.05) is 33.8 Å². The third-order valence-corrected chi connectivity index (χ3v) is 7.79. The molecule has 2 aromatic rings. The second-order valence-electron chi connectivity index (χ2n) is 12.1. The topological polar surface area (TPSA) is 97.8 Å². The number of hydrogen-bond donors (Lipinski definition) is 1. The van der Waals surface area contributed by atoms with Crippen molar-refractivity contribution in [2.75, 3.05) is 59.7 Å². The standard InChI is InChI=1S/C34H46N2O7/c1-22(2)11-16-42-28-10-7-25(20-29(28)40-6)31-30(32(37)27-9-8-26(19-24(27)5)43-21-23(3)4)33(38)34(39)36(31)13-12-35-14-17-41-18-15-35/h7-10,19-20,22-23,31,37H,11-18,21H2,1-6H3. The van der Waals surface area contributed by atoms with Crippen LogP contribution < -0.4 is 14.2 Å². The van der Waals surface area contributed by atoms with Crippen LogP contribution in [0.3, 0.4) is 0 Å². The number of aliphatic hydroxyl groups is 1. The first kappa shape index (κ1) is 32.4. The number of amides is 1. The number of morpholine rings is 1. The van der Waals surface area contributed by atoms with Gasteiger partial charge in [-0.2, -0.15) is 0 Å². The number of hydrogen-bond acceptors (Lipinski definition) is 8. The second-order valence-corrected chi connectivity index (χ2v) is 12.1. The van der Waals surface area contributed by atoms with Crippen LogP contribution >= 0.6 is 0 Å². The number of rotatable bonds is 13. The van der Waals surface area contributed by atoms with E-state index in [1.165, 1.54) is 0 Å². The van der Waals surface area contributed by atoms with E-state index < -0.39 is 17.7 Å². The number of aliphatic hydroxyl groups excluding tert-OH is 1. The smallest absolute Gasteiger partial charge is 0.295 e. The number of aryl methyl sites for hydroxylation is 1. The summed E-state index contributed by atoms with van der Waals surface area (Å²) < 4.78 is 23.0. The summed E-state index contributed by atoms with van der Waals surface area (Å²) in [5.74, 6) is 1.09. The van der Waals surface area contributed by atoms with E-state index in [4.69, 9.17) is 18.9 Å². The summed E-state index contributed by atoms with van der Waals surface area (Å²) in [7, 11) is 1.57. The Labute approximate surface area is 255 Å². The summed E-state index contributed by atoms with van der Waals surface area (Å²) >= 11 is 0. The second kappa shape index (κ2) is 14.8. The van der Waals surface area contributed by atoms with Crippen LogP contribution in [0.1, 0.15) is 56.8 Å². The largest absolute Gasteiger partial charge is 0.507 e. The van der Waals surface area contributed by atoms with E-state index in [0.29, 0.717) is 79.7 Å². The van der Waals surface area contributed by atoms with Crippen molar-refractivity contribution in [3.05, 3.63) is 58.7 Å². The summed E-state index contributed by atoms with van der Waals surface area (Å²) in [6.07, 6.45) is 0.896. The van der Waals surface area contributed by atoms with Crippen LogP contribution in [0.25, 0.3) is 5.76 Å². The number of carbonyl (C=O) groups excluding carboxylic acids is 2. The Morgan fingerprint density at radius 3 is 2.37 bits per heavy atom. The predicted octanol–water partition coefficient (Wildman–Crippen LogP) is 5.22. The highest BCUT2D eigenvalue weighted by Gasteiger charge is 2.46. The van der Waals surface area contributed by atoms with Crippen molar-refractivity contribution in [2.45, 2.75) is 47.1 Å². The minimum atomic E-state index is -0.795. The third kappa shape index (κ3) is 7.89. The van der Waals surface area contributed by atoms with Crippen LogP contribution in [0.2, 0.25) is 0 Å². The number of likely N-dealkylation sites (tertiary alicyclic amines) is 1. The molecule has 1 atom stereocenters.